The molecule has 0 aliphatic rings. The molecule has 0 aromatic heterocycles. The molecule has 36 heavy (non-hydrogen) atoms. The van der Waals surface area contributed by atoms with E-state index in [1.807, 2.05) is 0 Å². The summed E-state index contributed by atoms with van der Waals surface area (Å²) in [5, 5.41) is 16.2. The number of hydrogen-bond donors (Lipinski definition) is 2. The predicted molar refractivity (Wildman–Crippen MR) is 155 cm³/mol. The highest BCUT2D eigenvalue weighted by molar-refractivity contribution is 6.67. The third-order valence-corrected chi connectivity index (χ3v) is 10.3. The summed E-state index contributed by atoms with van der Waals surface area (Å²) in [5.41, 5.74) is 0.776. The van der Waals surface area contributed by atoms with Gasteiger partial charge < -0.3 is 41.8 Å². The number of carbonyl (C=O) groups excluding carboxylic acids is 2. The Morgan fingerprint density at radius 3 is 1.28 bits per heavy atom. The van der Waals surface area contributed by atoms with Gasteiger partial charge in [-0.1, -0.05) is 13.2 Å². The molecule has 0 aliphatic carbocycles. The Bertz CT molecular complexity index is 518. The Morgan fingerprint density at radius 1 is 0.694 bits per heavy atom. The monoisotopic (exact) mass is 592 g/mol. The van der Waals surface area contributed by atoms with E-state index in [-0.39, 0.29) is 40.7 Å². The van der Waals surface area contributed by atoms with Gasteiger partial charge in [-0.2, -0.15) is 0 Å². The average Bonchev–Trinajstić information content (AvgIpc) is 2.86. The number of carbonyl (C=O) groups is 2. The van der Waals surface area contributed by atoms with Crippen molar-refractivity contribution in [2.24, 2.45) is 0 Å². The summed E-state index contributed by atoms with van der Waals surface area (Å²) in [7, 11) is 3.70. The second-order valence-corrected chi connectivity index (χ2v) is 13.4. The summed E-state index contributed by atoms with van der Waals surface area (Å²) in [6.07, 6.45) is 1.14. The summed E-state index contributed by atoms with van der Waals surface area (Å²) in [6.45, 7) is 10.8. The van der Waals surface area contributed by atoms with Gasteiger partial charge in [0.15, 0.2) is 0 Å². The number of aliphatic hydroxyl groups is 2. The molecule has 0 fully saturated rings. The zero-order valence-corrected chi connectivity index (χ0v) is 23.9. The lowest BCUT2D eigenvalue weighted by Gasteiger charge is -2.24. The molecule has 0 aromatic rings. The molecule has 2 N–H and O–H groups in total. The summed E-state index contributed by atoms with van der Waals surface area (Å²) >= 11 is 0. The maximum absolute atomic E-state index is 11.1. The topological polar surface area (TPSA) is 139 Å². The van der Waals surface area contributed by atoms with Crippen LogP contribution >= 0.6 is 0 Å². The Labute approximate surface area is 227 Å². The molecular weight excluding hydrogens is 541 g/mol. The van der Waals surface area contributed by atoms with Gasteiger partial charge in [0, 0.05) is 59.8 Å². The van der Waals surface area contributed by atoms with E-state index in [0.29, 0.717) is 42.7 Å². The first kappa shape index (κ1) is 45.0. The Balaban J connectivity index is -0.000000158. The van der Waals surface area contributed by atoms with E-state index >= 15 is 0 Å². The molecule has 0 spiro atoms. The third-order valence-electron chi connectivity index (χ3n) is 4.41. The van der Waals surface area contributed by atoms with Crippen LogP contribution in [0.5, 0.6) is 0 Å². The highest BCUT2D eigenvalue weighted by atomic mass is 28.4. The van der Waals surface area contributed by atoms with E-state index in [0.717, 1.165) is 7.11 Å². The molecule has 15 heteroatoms. The first-order valence-corrected chi connectivity index (χ1v) is 14.6. The molecule has 0 rings (SSSR count). The standard InChI is InChI=1S/2C10H20O5Si.CH4O.2H4Si/c1-9(2)10(11)15-7-6-8-16(12-3,13-4)14-5;1-9(2)10(12)15-6-5-7-16(8-11,13-3)14-4;1-2;;/h1,6-8H2,2-5H3;11H,1,5-8H2,2-4H3;2H,1H3;2*1H4. The number of hydrogen-bond acceptors (Lipinski definition) is 11. The SMILES string of the molecule is C=C(C)C(=O)OCCC[Si](CO)(OC)OC.C=C(C)C(=O)OCCC[Si](OC)(OC)OC.CO.[SiH4].[SiH4]. The second-order valence-electron chi connectivity index (χ2n) is 6.81. The molecule has 0 saturated heterocycles. The van der Waals surface area contributed by atoms with Crippen LogP contribution in [0.15, 0.2) is 24.3 Å². The molecule has 0 radical (unpaired) electrons. The average molecular weight is 593 g/mol. The minimum absolute atomic E-state index is 0. The van der Waals surface area contributed by atoms with Gasteiger partial charge in [-0.25, -0.2) is 9.59 Å². The highest BCUT2D eigenvalue weighted by Crippen LogP contribution is 2.15. The molecule has 0 saturated carbocycles. The van der Waals surface area contributed by atoms with Crippen molar-refractivity contribution < 1.29 is 51.4 Å². The Morgan fingerprint density at radius 2 is 1.03 bits per heavy atom. The summed E-state index contributed by atoms with van der Waals surface area (Å²) in [5.74, 6) is -0.773. The molecule has 0 unspecified atom stereocenters. The summed E-state index contributed by atoms with van der Waals surface area (Å²) < 4.78 is 36.0. The summed E-state index contributed by atoms with van der Waals surface area (Å²) in [4.78, 5) is 22.1. The fourth-order valence-corrected chi connectivity index (χ4v) is 5.62. The van der Waals surface area contributed by atoms with Crippen LogP contribution in [0.25, 0.3) is 0 Å². The number of aliphatic hydroxyl groups excluding tert-OH is 2. The number of esters is 2. The van der Waals surface area contributed by atoms with Gasteiger partial charge in [0.25, 0.3) is 0 Å². The van der Waals surface area contributed by atoms with Crippen molar-refractivity contribution in [2.75, 3.05) is 62.1 Å². The van der Waals surface area contributed by atoms with Gasteiger partial charge in [0.05, 0.1) is 19.4 Å². The van der Waals surface area contributed by atoms with Crippen molar-refractivity contribution in [3.8, 4) is 0 Å². The second kappa shape index (κ2) is 27.1. The van der Waals surface area contributed by atoms with E-state index in [4.69, 9.17) is 41.8 Å². The molecule has 0 amide bonds. The van der Waals surface area contributed by atoms with E-state index in [1.165, 1.54) is 14.2 Å². The maximum Gasteiger partial charge on any atom is 0.500 e. The minimum atomic E-state index is -2.53. The zero-order valence-electron chi connectivity index (χ0n) is 21.9. The van der Waals surface area contributed by atoms with Crippen LogP contribution in [0.4, 0.5) is 0 Å². The molecule has 218 valence electrons. The van der Waals surface area contributed by atoms with Crippen molar-refractivity contribution in [2.45, 2.75) is 38.8 Å². The lowest BCUT2D eigenvalue weighted by molar-refractivity contribution is -0.139. The van der Waals surface area contributed by atoms with E-state index < -0.39 is 23.3 Å². The van der Waals surface area contributed by atoms with Gasteiger partial charge in [0.1, 0.15) is 0 Å². The van der Waals surface area contributed by atoms with Crippen molar-refractivity contribution in [3.63, 3.8) is 0 Å². The van der Waals surface area contributed by atoms with Crippen molar-refractivity contribution in [1.29, 1.82) is 0 Å². The quantitative estimate of drug-likeness (QED) is 0.0971. The normalized spacial score (nSPS) is 10.2. The van der Waals surface area contributed by atoms with Gasteiger partial charge in [-0.3, -0.25) is 0 Å². The lowest BCUT2D eigenvalue weighted by Crippen LogP contribution is -2.44. The first-order valence-electron chi connectivity index (χ1n) is 10.5. The molecule has 0 heterocycles. The Kier molecular flexibility index (Phi) is 33.8. The van der Waals surface area contributed by atoms with E-state index in [1.54, 1.807) is 35.2 Å². The largest absolute Gasteiger partial charge is 0.500 e. The molecule has 0 bridgehead atoms. The van der Waals surface area contributed by atoms with Crippen molar-refractivity contribution >= 4 is 51.2 Å². The Hall–Kier alpha value is -0.992. The van der Waals surface area contributed by atoms with Crippen LogP contribution in [-0.4, -0.2) is 124 Å². The minimum Gasteiger partial charge on any atom is -0.462 e. The van der Waals surface area contributed by atoms with Crippen LogP contribution in [0.3, 0.4) is 0 Å². The van der Waals surface area contributed by atoms with Crippen LogP contribution < -0.4 is 0 Å². The van der Waals surface area contributed by atoms with Crippen LogP contribution in [0, 0.1) is 0 Å². The predicted octanol–water partition coefficient (Wildman–Crippen LogP) is -1.16. The van der Waals surface area contributed by atoms with Crippen molar-refractivity contribution in [1.82, 2.24) is 0 Å². The third kappa shape index (κ3) is 20.1. The van der Waals surface area contributed by atoms with Crippen LogP contribution in [0.2, 0.25) is 12.1 Å². The lowest BCUT2D eigenvalue weighted by atomic mass is 10.4. The number of rotatable bonds is 16. The smallest absolute Gasteiger partial charge is 0.462 e. The van der Waals surface area contributed by atoms with Gasteiger partial charge >= 0.3 is 29.3 Å². The van der Waals surface area contributed by atoms with Gasteiger partial charge in [0.2, 0.25) is 0 Å². The van der Waals surface area contributed by atoms with Crippen molar-refractivity contribution in [3.05, 3.63) is 24.3 Å². The summed E-state index contributed by atoms with van der Waals surface area (Å²) in [6, 6.07) is 1.19. The van der Waals surface area contributed by atoms with E-state index in [2.05, 4.69) is 13.2 Å². The molecule has 11 nitrogen and oxygen atoms in total. The van der Waals surface area contributed by atoms with Crippen LogP contribution in [0.1, 0.15) is 26.7 Å². The zero-order chi connectivity index (χ0) is 27.2. The maximum atomic E-state index is 11.1. The molecule has 0 atom stereocenters. The molecule has 0 aromatic carbocycles. The molecular formula is C21H52O11Si4. The number of ether oxygens (including phenoxy) is 2. The fraction of sp³-hybridized carbons (Fsp3) is 0.714. The van der Waals surface area contributed by atoms with Gasteiger partial charge in [-0.05, 0) is 54.7 Å². The van der Waals surface area contributed by atoms with Crippen LogP contribution in [-0.2, 0) is 41.2 Å². The van der Waals surface area contributed by atoms with E-state index in [9.17, 15) is 9.59 Å². The molecule has 0 aliphatic heterocycles. The van der Waals surface area contributed by atoms with Gasteiger partial charge in [-0.15, -0.1) is 0 Å². The first-order chi connectivity index (χ1) is 16.0. The fourth-order valence-electron chi connectivity index (χ4n) is 2.26. The highest BCUT2D eigenvalue weighted by Gasteiger charge is 2.37.